The first kappa shape index (κ1) is 13.9. The van der Waals surface area contributed by atoms with Crippen molar-refractivity contribution in [2.45, 2.75) is 25.8 Å². The van der Waals surface area contributed by atoms with Crippen molar-refractivity contribution in [3.8, 4) is 6.07 Å². The third kappa shape index (κ3) is 2.89. The summed E-state index contributed by atoms with van der Waals surface area (Å²) in [6, 6.07) is 7.01. The Balaban J connectivity index is 2.13. The van der Waals surface area contributed by atoms with Crippen molar-refractivity contribution < 1.29 is 4.79 Å². The molecule has 1 aromatic carbocycles. The Morgan fingerprint density at radius 1 is 1.58 bits per heavy atom. The van der Waals surface area contributed by atoms with E-state index < -0.39 is 0 Å². The van der Waals surface area contributed by atoms with Gasteiger partial charge in [-0.15, -0.1) is 0 Å². The van der Waals surface area contributed by atoms with E-state index in [9.17, 15) is 4.79 Å². The molecule has 0 aromatic heterocycles. The normalized spacial score (nSPS) is 18.7. The van der Waals surface area contributed by atoms with Gasteiger partial charge in [-0.1, -0.05) is 18.5 Å². The summed E-state index contributed by atoms with van der Waals surface area (Å²) in [5.74, 6) is 0.0780. The van der Waals surface area contributed by atoms with E-state index in [4.69, 9.17) is 16.9 Å². The van der Waals surface area contributed by atoms with Gasteiger partial charge in [0.25, 0.3) is 0 Å². The smallest absolute Gasteiger partial charge is 0.244 e. The number of hydrogen-bond donors (Lipinski definition) is 1. The van der Waals surface area contributed by atoms with Crippen molar-refractivity contribution >= 4 is 23.2 Å². The number of benzene rings is 1. The van der Waals surface area contributed by atoms with Crippen molar-refractivity contribution in [1.29, 1.82) is 5.26 Å². The molecular weight excluding hydrogens is 262 g/mol. The van der Waals surface area contributed by atoms with Gasteiger partial charge in [0.05, 0.1) is 16.6 Å². The summed E-state index contributed by atoms with van der Waals surface area (Å²) >= 11 is 6.00. The fourth-order valence-corrected chi connectivity index (χ4v) is 2.42. The summed E-state index contributed by atoms with van der Waals surface area (Å²) in [5.41, 5.74) is 1.19. The summed E-state index contributed by atoms with van der Waals surface area (Å²) in [4.78, 5) is 14.0. The van der Waals surface area contributed by atoms with Crippen LogP contribution in [0.3, 0.4) is 0 Å². The fourth-order valence-electron chi connectivity index (χ4n) is 2.21. The maximum absolute atomic E-state index is 12.2. The number of nitrogens with zero attached hydrogens (tertiary/aromatic N) is 2. The molecule has 1 amide bonds. The number of hydrogen-bond acceptors (Lipinski definition) is 3. The third-order valence-corrected chi connectivity index (χ3v) is 3.54. The van der Waals surface area contributed by atoms with Gasteiger partial charge >= 0.3 is 0 Å². The average molecular weight is 278 g/mol. The second-order valence-corrected chi connectivity index (χ2v) is 4.97. The SMILES string of the molecule is CCCNC1CCN(c2ccc(C#N)c(Cl)c2)C1=O. The summed E-state index contributed by atoms with van der Waals surface area (Å²) in [7, 11) is 0. The van der Waals surface area contributed by atoms with Crippen LogP contribution in [0.2, 0.25) is 5.02 Å². The van der Waals surface area contributed by atoms with Crippen LogP contribution in [0.4, 0.5) is 5.69 Å². The van der Waals surface area contributed by atoms with Crippen LogP contribution in [0.5, 0.6) is 0 Å². The molecular formula is C14H16ClN3O. The number of nitriles is 1. The minimum atomic E-state index is -0.102. The van der Waals surface area contributed by atoms with Gasteiger partial charge in [-0.3, -0.25) is 4.79 Å². The minimum Gasteiger partial charge on any atom is -0.311 e. The molecule has 0 radical (unpaired) electrons. The zero-order valence-corrected chi connectivity index (χ0v) is 11.6. The molecule has 1 heterocycles. The van der Waals surface area contributed by atoms with E-state index in [0.717, 1.165) is 25.1 Å². The molecule has 4 nitrogen and oxygen atoms in total. The Morgan fingerprint density at radius 2 is 2.37 bits per heavy atom. The molecule has 1 aliphatic heterocycles. The van der Waals surface area contributed by atoms with Crippen LogP contribution in [0.25, 0.3) is 0 Å². The summed E-state index contributed by atoms with van der Waals surface area (Å²) in [6.45, 7) is 3.60. The van der Waals surface area contributed by atoms with E-state index in [-0.39, 0.29) is 11.9 Å². The summed E-state index contributed by atoms with van der Waals surface area (Å²) in [6.07, 6.45) is 1.81. The number of anilines is 1. The summed E-state index contributed by atoms with van der Waals surface area (Å²) < 4.78 is 0. The number of amides is 1. The maximum atomic E-state index is 12.2. The molecule has 1 aliphatic rings. The van der Waals surface area contributed by atoms with Crippen LogP contribution in [-0.2, 0) is 4.79 Å². The molecule has 1 unspecified atom stereocenters. The van der Waals surface area contributed by atoms with Crippen LogP contribution in [0, 0.1) is 11.3 Å². The van der Waals surface area contributed by atoms with Gasteiger partial charge in [-0.25, -0.2) is 0 Å². The average Bonchev–Trinajstić information content (AvgIpc) is 2.77. The quantitative estimate of drug-likeness (QED) is 0.919. The zero-order chi connectivity index (χ0) is 13.8. The first-order valence-corrected chi connectivity index (χ1v) is 6.79. The van der Waals surface area contributed by atoms with E-state index in [2.05, 4.69) is 12.2 Å². The van der Waals surface area contributed by atoms with Crippen LogP contribution >= 0.6 is 11.6 Å². The Bertz CT molecular complexity index is 524. The van der Waals surface area contributed by atoms with Crippen LogP contribution in [-0.4, -0.2) is 25.0 Å². The van der Waals surface area contributed by atoms with Crippen LogP contribution in [0.15, 0.2) is 18.2 Å². The Hall–Kier alpha value is -1.57. The van der Waals surface area contributed by atoms with Crippen molar-refractivity contribution in [3.63, 3.8) is 0 Å². The Kier molecular flexibility index (Phi) is 4.41. The van der Waals surface area contributed by atoms with Gasteiger partial charge in [0.15, 0.2) is 0 Å². The van der Waals surface area contributed by atoms with E-state index in [1.807, 2.05) is 6.07 Å². The molecule has 1 aromatic rings. The molecule has 1 atom stereocenters. The predicted octanol–water partition coefficient (Wildman–Crippen LogP) is 2.32. The zero-order valence-electron chi connectivity index (χ0n) is 10.8. The largest absolute Gasteiger partial charge is 0.311 e. The molecule has 0 aliphatic carbocycles. The van der Waals surface area contributed by atoms with Crippen molar-refractivity contribution in [2.24, 2.45) is 0 Å². The predicted molar refractivity (Wildman–Crippen MR) is 75.2 cm³/mol. The lowest BCUT2D eigenvalue weighted by molar-refractivity contribution is -0.118. The third-order valence-electron chi connectivity index (χ3n) is 3.23. The van der Waals surface area contributed by atoms with Crippen molar-refractivity contribution in [2.75, 3.05) is 18.0 Å². The highest BCUT2D eigenvalue weighted by Gasteiger charge is 2.32. The lowest BCUT2D eigenvalue weighted by Gasteiger charge is -2.17. The highest BCUT2D eigenvalue weighted by Crippen LogP contribution is 2.26. The van der Waals surface area contributed by atoms with Crippen molar-refractivity contribution in [3.05, 3.63) is 28.8 Å². The van der Waals surface area contributed by atoms with Gasteiger partial charge in [0.2, 0.25) is 5.91 Å². The van der Waals surface area contributed by atoms with E-state index >= 15 is 0 Å². The monoisotopic (exact) mass is 277 g/mol. The standard InChI is InChI=1S/C14H16ClN3O/c1-2-6-17-13-5-7-18(14(13)19)11-4-3-10(9-16)12(15)8-11/h3-4,8,13,17H,2,5-7H2,1H3. The highest BCUT2D eigenvalue weighted by molar-refractivity contribution is 6.32. The maximum Gasteiger partial charge on any atom is 0.244 e. The molecule has 1 fully saturated rings. The second-order valence-electron chi connectivity index (χ2n) is 4.56. The van der Waals surface area contributed by atoms with E-state index in [0.29, 0.717) is 17.1 Å². The minimum absolute atomic E-state index is 0.0780. The summed E-state index contributed by atoms with van der Waals surface area (Å²) in [5, 5.41) is 12.5. The molecule has 5 heteroatoms. The lowest BCUT2D eigenvalue weighted by atomic mass is 10.2. The van der Waals surface area contributed by atoms with Gasteiger partial charge in [-0.2, -0.15) is 5.26 Å². The van der Waals surface area contributed by atoms with Gasteiger partial charge in [0, 0.05) is 12.2 Å². The first-order chi connectivity index (χ1) is 9.17. The number of nitrogens with one attached hydrogen (secondary N) is 1. The van der Waals surface area contributed by atoms with Gasteiger partial charge in [-0.05, 0) is 37.6 Å². The highest BCUT2D eigenvalue weighted by atomic mass is 35.5. The first-order valence-electron chi connectivity index (χ1n) is 6.41. The number of carbonyl (C=O) groups excluding carboxylic acids is 1. The molecule has 1 N–H and O–H groups in total. The van der Waals surface area contributed by atoms with Crippen LogP contribution < -0.4 is 10.2 Å². The Morgan fingerprint density at radius 3 is 3.00 bits per heavy atom. The topological polar surface area (TPSA) is 56.1 Å². The number of carbonyl (C=O) groups is 1. The Labute approximate surface area is 118 Å². The van der Waals surface area contributed by atoms with Gasteiger partial charge < -0.3 is 10.2 Å². The molecule has 2 rings (SSSR count). The molecule has 0 spiro atoms. The van der Waals surface area contributed by atoms with Gasteiger partial charge in [0.1, 0.15) is 6.07 Å². The second kappa shape index (κ2) is 6.05. The number of rotatable bonds is 4. The molecule has 100 valence electrons. The van der Waals surface area contributed by atoms with Crippen molar-refractivity contribution in [1.82, 2.24) is 5.32 Å². The van der Waals surface area contributed by atoms with E-state index in [1.165, 1.54) is 0 Å². The van der Waals surface area contributed by atoms with E-state index in [1.54, 1.807) is 23.1 Å². The van der Waals surface area contributed by atoms with Crippen LogP contribution in [0.1, 0.15) is 25.3 Å². The molecule has 19 heavy (non-hydrogen) atoms. The lowest BCUT2D eigenvalue weighted by Crippen LogP contribution is -2.38. The molecule has 0 bridgehead atoms. The molecule has 1 saturated heterocycles. The molecule has 0 saturated carbocycles. The number of halogens is 1. The fraction of sp³-hybridized carbons (Fsp3) is 0.429.